The smallest absolute Gasteiger partial charge is 0.348 e. The number of nitrogens with two attached hydrogens (primary N) is 1. The van der Waals surface area contributed by atoms with Crippen LogP contribution in [0.15, 0.2) is 67.3 Å². The van der Waals surface area contributed by atoms with Crippen molar-refractivity contribution < 1.29 is 18.7 Å². The molecule has 0 atom stereocenters. The maximum atomic E-state index is 13.9. The first-order valence-electron chi connectivity index (χ1n) is 9.57. The van der Waals surface area contributed by atoms with E-state index in [1.165, 1.54) is 24.5 Å². The molecule has 0 spiro atoms. The van der Waals surface area contributed by atoms with Crippen molar-refractivity contribution in [1.29, 1.82) is 0 Å². The molecule has 1 aromatic heterocycles. The highest BCUT2D eigenvalue weighted by molar-refractivity contribution is 7.15. The molecule has 0 fully saturated rings. The predicted molar refractivity (Wildman–Crippen MR) is 128 cm³/mol. The number of amides is 2. The van der Waals surface area contributed by atoms with Crippen molar-refractivity contribution in [2.24, 2.45) is 0 Å². The summed E-state index contributed by atoms with van der Waals surface area (Å²) < 4.78 is 18.6. The van der Waals surface area contributed by atoms with Crippen LogP contribution in [0.3, 0.4) is 0 Å². The SMILES string of the molecule is C=C/C=C(/c1ccc(NC(=O)Nc2cc(C)ccc2F)cc1)c1sc(C(=O)OC)cc1N. The van der Waals surface area contributed by atoms with E-state index in [9.17, 15) is 14.0 Å². The second kappa shape index (κ2) is 9.93. The minimum atomic E-state index is -0.561. The maximum Gasteiger partial charge on any atom is 0.348 e. The molecule has 6 nitrogen and oxygen atoms in total. The number of halogens is 1. The fraction of sp³-hybridized carbons (Fsp3) is 0.0833. The molecular weight excluding hydrogens is 429 g/mol. The normalized spacial score (nSPS) is 11.0. The van der Waals surface area contributed by atoms with E-state index >= 15 is 0 Å². The number of ether oxygens (including phenoxy) is 1. The van der Waals surface area contributed by atoms with Gasteiger partial charge in [0.2, 0.25) is 0 Å². The molecule has 3 rings (SSSR count). The Balaban J connectivity index is 1.78. The predicted octanol–water partition coefficient (Wildman–Crippen LogP) is 5.83. The molecule has 0 aliphatic carbocycles. The number of hydrogen-bond donors (Lipinski definition) is 3. The molecule has 4 N–H and O–H groups in total. The van der Waals surface area contributed by atoms with E-state index in [1.807, 2.05) is 6.92 Å². The Morgan fingerprint density at radius 1 is 1.12 bits per heavy atom. The van der Waals surface area contributed by atoms with Crippen LogP contribution in [0.1, 0.15) is 25.7 Å². The summed E-state index contributed by atoms with van der Waals surface area (Å²) in [5, 5.41) is 5.17. The van der Waals surface area contributed by atoms with Gasteiger partial charge in [0, 0.05) is 11.3 Å². The lowest BCUT2D eigenvalue weighted by molar-refractivity contribution is 0.0606. The van der Waals surface area contributed by atoms with Gasteiger partial charge in [-0.1, -0.05) is 36.9 Å². The number of thiophene rings is 1. The molecular formula is C24H22FN3O3S. The van der Waals surface area contributed by atoms with Gasteiger partial charge < -0.3 is 21.1 Å². The largest absolute Gasteiger partial charge is 0.465 e. The lowest BCUT2D eigenvalue weighted by Crippen LogP contribution is -2.20. The number of methoxy groups -OCH3 is 1. The molecule has 2 aromatic carbocycles. The summed E-state index contributed by atoms with van der Waals surface area (Å²) in [5.74, 6) is -0.971. The third-order valence-electron chi connectivity index (χ3n) is 4.50. The number of rotatable bonds is 6. The number of hydrogen-bond acceptors (Lipinski definition) is 5. The Labute approximate surface area is 189 Å². The van der Waals surface area contributed by atoms with Crippen molar-refractivity contribution in [2.75, 3.05) is 23.5 Å². The van der Waals surface area contributed by atoms with Crippen LogP contribution in [0.2, 0.25) is 0 Å². The Morgan fingerprint density at radius 3 is 2.50 bits per heavy atom. The van der Waals surface area contributed by atoms with Gasteiger partial charge in [0.15, 0.2) is 0 Å². The highest BCUT2D eigenvalue weighted by Crippen LogP contribution is 2.36. The summed E-state index contributed by atoms with van der Waals surface area (Å²) in [7, 11) is 1.31. The lowest BCUT2D eigenvalue weighted by Gasteiger charge is -2.11. The molecule has 0 radical (unpaired) electrons. The van der Waals surface area contributed by atoms with Crippen molar-refractivity contribution in [3.63, 3.8) is 0 Å². The van der Waals surface area contributed by atoms with E-state index in [-0.39, 0.29) is 5.69 Å². The summed E-state index contributed by atoms with van der Waals surface area (Å²) in [4.78, 5) is 25.2. The van der Waals surface area contributed by atoms with Gasteiger partial charge >= 0.3 is 12.0 Å². The van der Waals surface area contributed by atoms with Gasteiger partial charge in [-0.05, 0) is 48.4 Å². The number of carbonyl (C=O) groups excluding carboxylic acids is 2. The molecule has 3 aromatic rings. The first-order chi connectivity index (χ1) is 15.3. The number of aryl methyl sites for hydroxylation is 1. The van der Waals surface area contributed by atoms with Gasteiger partial charge in [-0.25, -0.2) is 14.0 Å². The number of anilines is 3. The second-order valence-electron chi connectivity index (χ2n) is 6.84. The third-order valence-corrected chi connectivity index (χ3v) is 5.66. The number of carbonyl (C=O) groups is 2. The molecule has 0 saturated heterocycles. The molecule has 164 valence electrons. The summed E-state index contributed by atoms with van der Waals surface area (Å²) in [6.45, 7) is 5.56. The number of allylic oxidation sites excluding steroid dienone is 2. The van der Waals surface area contributed by atoms with Crippen LogP contribution in [0.5, 0.6) is 0 Å². The topological polar surface area (TPSA) is 93.5 Å². The molecule has 0 bridgehead atoms. The van der Waals surface area contributed by atoms with Gasteiger partial charge in [-0.3, -0.25) is 0 Å². The van der Waals surface area contributed by atoms with Gasteiger partial charge in [0.05, 0.1) is 23.4 Å². The van der Waals surface area contributed by atoms with Crippen LogP contribution < -0.4 is 16.4 Å². The van der Waals surface area contributed by atoms with Crippen LogP contribution in [-0.4, -0.2) is 19.1 Å². The first kappa shape index (κ1) is 22.8. The lowest BCUT2D eigenvalue weighted by atomic mass is 10.0. The summed E-state index contributed by atoms with van der Waals surface area (Å²) in [6, 6.07) is 12.5. The van der Waals surface area contributed by atoms with E-state index in [2.05, 4.69) is 17.2 Å². The number of esters is 1. The zero-order valence-electron chi connectivity index (χ0n) is 17.6. The monoisotopic (exact) mass is 451 g/mol. The van der Waals surface area contributed by atoms with E-state index < -0.39 is 17.8 Å². The third kappa shape index (κ3) is 5.22. The average Bonchev–Trinajstić information content (AvgIpc) is 3.16. The minimum Gasteiger partial charge on any atom is -0.465 e. The Hall–Kier alpha value is -3.91. The highest BCUT2D eigenvalue weighted by Gasteiger charge is 2.17. The molecule has 1 heterocycles. The number of nitrogen functional groups attached to an aromatic ring is 1. The van der Waals surface area contributed by atoms with E-state index in [0.717, 1.165) is 16.7 Å². The van der Waals surface area contributed by atoms with E-state index in [4.69, 9.17) is 10.5 Å². The average molecular weight is 452 g/mol. The molecule has 0 aliphatic rings. The van der Waals surface area contributed by atoms with Crippen molar-refractivity contribution in [1.82, 2.24) is 0 Å². The fourth-order valence-corrected chi connectivity index (χ4v) is 4.04. The Morgan fingerprint density at radius 2 is 1.84 bits per heavy atom. The van der Waals surface area contributed by atoms with E-state index in [1.54, 1.807) is 54.6 Å². The van der Waals surface area contributed by atoms with E-state index in [0.29, 0.717) is 21.1 Å². The van der Waals surface area contributed by atoms with Crippen LogP contribution in [0.4, 0.5) is 26.2 Å². The van der Waals surface area contributed by atoms with Crippen molar-refractivity contribution in [3.8, 4) is 0 Å². The minimum absolute atomic E-state index is 0.102. The fourth-order valence-electron chi connectivity index (χ4n) is 2.99. The van der Waals surface area contributed by atoms with Gasteiger partial charge in [0.1, 0.15) is 10.7 Å². The van der Waals surface area contributed by atoms with Crippen molar-refractivity contribution in [2.45, 2.75) is 6.92 Å². The van der Waals surface area contributed by atoms with Gasteiger partial charge in [-0.2, -0.15) is 0 Å². The second-order valence-corrected chi connectivity index (χ2v) is 7.89. The first-order valence-corrected chi connectivity index (χ1v) is 10.4. The molecule has 8 heteroatoms. The molecule has 2 amide bonds. The summed E-state index contributed by atoms with van der Waals surface area (Å²) in [5.41, 5.74) is 9.61. The van der Waals surface area contributed by atoms with Gasteiger partial charge in [0.25, 0.3) is 0 Å². The van der Waals surface area contributed by atoms with Crippen LogP contribution in [0.25, 0.3) is 5.57 Å². The van der Waals surface area contributed by atoms with Crippen LogP contribution >= 0.6 is 11.3 Å². The van der Waals surface area contributed by atoms with Crippen LogP contribution in [0, 0.1) is 12.7 Å². The number of benzene rings is 2. The number of urea groups is 1. The Bertz CT molecular complexity index is 1200. The summed E-state index contributed by atoms with van der Waals surface area (Å²) in [6.07, 6.45) is 3.42. The van der Waals surface area contributed by atoms with Crippen molar-refractivity contribution in [3.05, 3.63) is 94.0 Å². The van der Waals surface area contributed by atoms with Crippen LogP contribution in [-0.2, 0) is 4.74 Å². The number of nitrogens with one attached hydrogen (secondary N) is 2. The highest BCUT2D eigenvalue weighted by atomic mass is 32.1. The maximum absolute atomic E-state index is 13.9. The molecule has 32 heavy (non-hydrogen) atoms. The zero-order valence-corrected chi connectivity index (χ0v) is 18.4. The quantitative estimate of drug-likeness (QED) is 0.325. The van der Waals surface area contributed by atoms with Crippen molar-refractivity contribution >= 4 is 46.0 Å². The molecule has 0 aliphatic heterocycles. The molecule has 0 saturated carbocycles. The zero-order chi connectivity index (χ0) is 23.3. The van der Waals surface area contributed by atoms with Gasteiger partial charge in [-0.15, -0.1) is 11.3 Å². The summed E-state index contributed by atoms with van der Waals surface area (Å²) >= 11 is 1.22. The standard InChI is InChI=1S/C24H22FN3O3S/c1-4-5-17(22-19(26)13-21(32-22)23(29)31-3)15-7-9-16(10-8-15)27-24(30)28-20-12-14(2)6-11-18(20)25/h4-13H,1,26H2,2-3H3,(H2,27,28,30)/b17-5-. The molecule has 0 unspecified atom stereocenters. The Kier molecular flexibility index (Phi) is 7.07.